The van der Waals surface area contributed by atoms with E-state index in [4.69, 9.17) is 10.5 Å². The highest BCUT2D eigenvalue weighted by Gasteiger charge is 2.14. The van der Waals surface area contributed by atoms with Gasteiger partial charge in [-0.1, -0.05) is 0 Å². The van der Waals surface area contributed by atoms with Crippen LogP contribution in [0.25, 0.3) is 16.0 Å². The van der Waals surface area contributed by atoms with Crippen molar-refractivity contribution in [3.8, 4) is 5.82 Å². The third-order valence-electron chi connectivity index (χ3n) is 2.63. The number of carbonyl (C=O) groups excluding carboxylic acids is 1. The minimum Gasteiger partial charge on any atom is -0.462 e. The molecule has 3 rings (SSSR count). The molecule has 3 heterocycles. The van der Waals surface area contributed by atoms with Gasteiger partial charge in [0.25, 0.3) is 0 Å². The molecule has 0 radical (unpaired) electrons. The summed E-state index contributed by atoms with van der Waals surface area (Å²) in [6.45, 7) is 2.07. The average molecular weight is 289 g/mol. The molecule has 20 heavy (non-hydrogen) atoms. The fraction of sp³-hybridized carbons (Fsp3) is 0.167. The van der Waals surface area contributed by atoms with E-state index < -0.39 is 5.97 Å². The molecular weight excluding hydrogens is 278 g/mol. The van der Waals surface area contributed by atoms with Crippen LogP contribution >= 0.6 is 11.3 Å². The average Bonchev–Trinajstić information content (AvgIpc) is 3.06. The molecule has 0 bridgehead atoms. The van der Waals surface area contributed by atoms with Crippen LogP contribution in [0.15, 0.2) is 23.8 Å². The lowest BCUT2D eigenvalue weighted by Crippen LogP contribution is -2.05. The molecule has 0 spiro atoms. The first-order chi connectivity index (χ1) is 9.69. The Balaban J connectivity index is 2.07. The Hall–Kier alpha value is -2.48. The second-order valence-corrected chi connectivity index (χ2v) is 4.83. The number of ether oxygens (including phenoxy) is 1. The standard InChI is InChI=1S/C12H11N5O2S/c1-2-19-11(18)7-5-14-17(6-7)9-8-3-4-20-10(8)16-12(13)15-9/h3-6H,2H2,1H3,(H2,13,15,16). The van der Waals surface area contributed by atoms with Crippen molar-refractivity contribution in [2.24, 2.45) is 0 Å². The van der Waals surface area contributed by atoms with E-state index in [2.05, 4.69) is 15.1 Å². The maximum atomic E-state index is 11.6. The lowest BCUT2D eigenvalue weighted by Gasteiger charge is -2.03. The number of carbonyl (C=O) groups is 1. The maximum absolute atomic E-state index is 11.6. The highest BCUT2D eigenvalue weighted by Crippen LogP contribution is 2.24. The summed E-state index contributed by atoms with van der Waals surface area (Å²) in [7, 11) is 0. The molecular formula is C12H11N5O2S. The second kappa shape index (κ2) is 4.89. The summed E-state index contributed by atoms with van der Waals surface area (Å²) in [5, 5.41) is 6.87. The van der Waals surface area contributed by atoms with Crippen LogP contribution in [0.3, 0.4) is 0 Å². The van der Waals surface area contributed by atoms with Gasteiger partial charge < -0.3 is 10.5 Å². The highest BCUT2D eigenvalue weighted by molar-refractivity contribution is 7.16. The Kier molecular flexibility index (Phi) is 3.07. The van der Waals surface area contributed by atoms with Gasteiger partial charge >= 0.3 is 5.97 Å². The van der Waals surface area contributed by atoms with Gasteiger partial charge in [-0.3, -0.25) is 0 Å². The molecule has 8 heteroatoms. The van der Waals surface area contributed by atoms with E-state index in [0.717, 1.165) is 10.2 Å². The van der Waals surface area contributed by atoms with Crippen LogP contribution in [0.1, 0.15) is 17.3 Å². The highest BCUT2D eigenvalue weighted by atomic mass is 32.1. The maximum Gasteiger partial charge on any atom is 0.341 e. The molecule has 0 aliphatic heterocycles. The van der Waals surface area contributed by atoms with Crippen molar-refractivity contribution in [2.75, 3.05) is 12.3 Å². The second-order valence-electron chi connectivity index (χ2n) is 3.94. The van der Waals surface area contributed by atoms with E-state index in [-0.39, 0.29) is 5.95 Å². The summed E-state index contributed by atoms with van der Waals surface area (Å²) in [6.07, 6.45) is 3.01. The summed E-state index contributed by atoms with van der Waals surface area (Å²) >= 11 is 1.47. The molecule has 0 unspecified atom stereocenters. The molecule has 0 saturated heterocycles. The van der Waals surface area contributed by atoms with Gasteiger partial charge in [-0.2, -0.15) is 10.1 Å². The Morgan fingerprint density at radius 3 is 3.15 bits per heavy atom. The smallest absolute Gasteiger partial charge is 0.341 e. The van der Waals surface area contributed by atoms with Crippen molar-refractivity contribution in [3.05, 3.63) is 29.4 Å². The Bertz CT molecular complexity index is 779. The van der Waals surface area contributed by atoms with Crippen LogP contribution < -0.4 is 5.73 Å². The zero-order valence-electron chi connectivity index (χ0n) is 10.6. The molecule has 0 aromatic carbocycles. The fourth-order valence-electron chi connectivity index (χ4n) is 1.79. The first kappa shape index (κ1) is 12.5. The zero-order valence-corrected chi connectivity index (χ0v) is 11.4. The molecule has 0 amide bonds. The minimum absolute atomic E-state index is 0.170. The fourth-order valence-corrected chi connectivity index (χ4v) is 2.55. The van der Waals surface area contributed by atoms with Crippen LogP contribution in [0.4, 0.5) is 5.95 Å². The number of esters is 1. The Labute approximate surface area is 118 Å². The van der Waals surface area contributed by atoms with Crippen molar-refractivity contribution in [2.45, 2.75) is 6.92 Å². The SMILES string of the molecule is CCOC(=O)c1cnn(-c2nc(N)nc3sccc23)c1. The van der Waals surface area contributed by atoms with Gasteiger partial charge in [-0.25, -0.2) is 14.5 Å². The lowest BCUT2D eigenvalue weighted by molar-refractivity contribution is 0.0526. The number of anilines is 1. The van der Waals surface area contributed by atoms with Crippen LogP contribution in [-0.4, -0.2) is 32.3 Å². The molecule has 0 saturated carbocycles. The largest absolute Gasteiger partial charge is 0.462 e. The van der Waals surface area contributed by atoms with Crippen molar-refractivity contribution in [1.82, 2.24) is 19.7 Å². The van der Waals surface area contributed by atoms with E-state index in [0.29, 0.717) is 18.0 Å². The van der Waals surface area contributed by atoms with Gasteiger partial charge in [0.2, 0.25) is 5.95 Å². The van der Waals surface area contributed by atoms with Crippen LogP contribution in [0.2, 0.25) is 0 Å². The molecule has 3 aromatic rings. The summed E-state index contributed by atoms with van der Waals surface area (Å²) in [5.41, 5.74) is 6.06. The molecule has 102 valence electrons. The number of rotatable bonds is 3. The number of nitrogens with two attached hydrogens (primary N) is 1. The normalized spacial score (nSPS) is 10.8. The number of hydrogen-bond donors (Lipinski definition) is 1. The number of aromatic nitrogens is 4. The Morgan fingerprint density at radius 2 is 2.35 bits per heavy atom. The molecule has 3 aromatic heterocycles. The van der Waals surface area contributed by atoms with Crippen LogP contribution in [0.5, 0.6) is 0 Å². The molecule has 0 fully saturated rings. The predicted molar refractivity (Wildman–Crippen MR) is 74.9 cm³/mol. The van der Waals surface area contributed by atoms with E-state index in [1.54, 1.807) is 13.1 Å². The van der Waals surface area contributed by atoms with Gasteiger partial charge in [-0.15, -0.1) is 11.3 Å². The van der Waals surface area contributed by atoms with Gasteiger partial charge in [0.15, 0.2) is 5.82 Å². The lowest BCUT2D eigenvalue weighted by atomic mass is 10.3. The predicted octanol–water partition coefficient (Wildman–Crippen LogP) is 1.64. The van der Waals surface area contributed by atoms with Gasteiger partial charge in [0.1, 0.15) is 4.83 Å². The third-order valence-corrected chi connectivity index (χ3v) is 3.44. The van der Waals surface area contributed by atoms with Gasteiger partial charge in [0.05, 0.1) is 23.8 Å². The number of thiophene rings is 1. The molecule has 0 aliphatic carbocycles. The van der Waals surface area contributed by atoms with Crippen LogP contribution in [-0.2, 0) is 4.74 Å². The Morgan fingerprint density at radius 1 is 1.50 bits per heavy atom. The number of nitrogen functional groups attached to an aromatic ring is 1. The summed E-state index contributed by atoms with van der Waals surface area (Å²) in [4.78, 5) is 20.7. The van der Waals surface area contributed by atoms with E-state index >= 15 is 0 Å². The topological polar surface area (TPSA) is 95.9 Å². The molecule has 7 nitrogen and oxygen atoms in total. The summed E-state index contributed by atoms with van der Waals surface area (Å²) < 4.78 is 6.43. The molecule has 2 N–H and O–H groups in total. The first-order valence-electron chi connectivity index (χ1n) is 5.92. The van der Waals surface area contributed by atoms with Gasteiger partial charge in [-0.05, 0) is 18.4 Å². The minimum atomic E-state index is -0.414. The van der Waals surface area contributed by atoms with Gasteiger partial charge in [0, 0.05) is 6.20 Å². The van der Waals surface area contributed by atoms with Crippen molar-refractivity contribution >= 4 is 33.5 Å². The van der Waals surface area contributed by atoms with Crippen LogP contribution in [0, 0.1) is 0 Å². The first-order valence-corrected chi connectivity index (χ1v) is 6.80. The quantitative estimate of drug-likeness (QED) is 0.736. The monoisotopic (exact) mass is 289 g/mol. The number of fused-ring (bicyclic) bond motifs is 1. The molecule has 0 atom stereocenters. The molecule has 0 aliphatic rings. The van der Waals surface area contributed by atoms with E-state index in [9.17, 15) is 4.79 Å². The summed E-state index contributed by atoms with van der Waals surface area (Å²) in [5.74, 6) is 0.301. The number of nitrogens with zero attached hydrogens (tertiary/aromatic N) is 4. The van der Waals surface area contributed by atoms with E-state index in [1.807, 2.05) is 11.4 Å². The van der Waals surface area contributed by atoms with Crippen molar-refractivity contribution < 1.29 is 9.53 Å². The zero-order chi connectivity index (χ0) is 14.1. The number of hydrogen-bond acceptors (Lipinski definition) is 7. The van der Waals surface area contributed by atoms with Crippen molar-refractivity contribution in [3.63, 3.8) is 0 Å². The summed E-state index contributed by atoms with van der Waals surface area (Å²) in [6, 6.07) is 1.89. The van der Waals surface area contributed by atoms with E-state index in [1.165, 1.54) is 22.2 Å². The van der Waals surface area contributed by atoms with Crippen molar-refractivity contribution in [1.29, 1.82) is 0 Å². The third kappa shape index (κ3) is 2.10.